The Morgan fingerprint density at radius 3 is 2.90 bits per heavy atom. The predicted octanol–water partition coefficient (Wildman–Crippen LogP) is 3.17. The second-order valence-corrected chi connectivity index (χ2v) is 5.71. The number of carbonyl (C=O) groups is 1. The summed E-state index contributed by atoms with van der Waals surface area (Å²) in [6, 6.07) is 3.26. The van der Waals surface area contributed by atoms with E-state index in [0.29, 0.717) is 15.7 Å². The van der Waals surface area contributed by atoms with E-state index in [-0.39, 0.29) is 11.9 Å². The van der Waals surface area contributed by atoms with Gasteiger partial charge >= 0.3 is 0 Å². The second-order valence-electron chi connectivity index (χ2n) is 4.87. The minimum atomic E-state index is -0.354. The average Bonchev–Trinajstić information content (AvgIpc) is 2.99. The molecule has 5 nitrogen and oxygen atoms in total. The molecule has 1 aliphatic heterocycles. The van der Waals surface area contributed by atoms with Crippen molar-refractivity contribution in [2.24, 2.45) is 0 Å². The van der Waals surface area contributed by atoms with Crippen LogP contribution in [0.1, 0.15) is 24.9 Å². The summed E-state index contributed by atoms with van der Waals surface area (Å²) < 4.78 is 1.59. The van der Waals surface area contributed by atoms with Crippen molar-refractivity contribution in [3.8, 4) is 5.69 Å². The summed E-state index contributed by atoms with van der Waals surface area (Å²) in [6.07, 6.45) is 4.16. The van der Waals surface area contributed by atoms with E-state index in [4.69, 9.17) is 23.2 Å². The van der Waals surface area contributed by atoms with Crippen LogP contribution < -0.4 is 10.6 Å². The Hall–Kier alpha value is -1.56. The lowest BCUT2D eigenvalue weighted by Crippen LogP contribution is -2.28. The van der Waals surface area contributed by atoms with Crippen molar-refractivity contribution in [3.05, 3.63) is 40.1 Å². The van der Waals surface area contributed by atoms with Gasteiger partial charge in [-0.3, -0.25) is 4.79 Å². The summed E-state index contributed by atoms with van der Waals surface area (Å²) in [5, 5.41) is 11.3. The number of hydrogen-bond acceptors (Lipinski definition) is 3. The quantitative estimate of drug-likeness (QED) is 0.908. The van der Waals surface area contributed by atoms with Gasteiger partial charge in [-0.25, -0.2) is 4.68 Å². The summed E-state index contributed by atoms with van der Waals surface area (Å²) in [6.45, 7) is 2.82. The smallest absolute Gasteiger partial charge is 0.246 e. The number of aromatic nitrogens is 2. The third kappa shape index (κ3) is 2.64. The van der Waals surface area contributed by atoms with Gasteiger partial charge in [0.25, 0.3) is 0 Å². The molecule has 1 aromatic carbocycles. The maximum absolute atomic E-state index is 12.0. The van der Waals surface area contributed by atoms with Crippen LogP contribution in [0.4, 0.5) is 5.69 Å². The molecule has 0 saturated carbocycles. The van der Waals surface area contributed by atoms with E-state index in [0.717, 1.165) is 24.2 Å². The number of hydrogen-bond donors (Lipinski definition) is 2. The molecule has 0 bridgehead atoms. The Labute approximate surface area is 132 Å². The highest BCUT2D eigenvalue weighted by Crippen LogP contribution is 2.36. The number of amides is 1. The molecule has 2 heterocycles. The van der Waals surface area contributed by atoms with E-state index in [2.05, 4.69) is 22.7 Å². The molecule has 7 heteroatoms. The zero-order valence-electron chi connectivity index (χ0n) is 11.4. The summed E-state index contributed by atoms with van der Waals surface area (Å²) >= 11 is 12.2. The molecule has 2 aromatic rings. The van der Waals surface area contributed by atoms with Crippen LogP contribution in [0.2, 0.25) is 10.0 Å². The van der Waals surface area contributed by atoms with Gasteiger partial charge < -0.3 is 10.6 Å². The molecular weight excluding hydrogens is 311 g/mol. The van der Waals surface area contributed by atoms with Crippen molar-refractivity contribution in [2.75, 3.05) is 11.9 Å². The topological polar surface area (TPSA) is 59.0 Å². The van der Waals surface area contributed by atoms with E-state index < -0.39 is 0 Å². The third-order valence-corrected chi connectivity index (χ3v) is 3.84. The van der Waals surface area contributed by atoms with Gasteiger partial charge in [0.2, 0.25) is 5.91 Å². The molecule has 1 atom stereocenters. The summed E-state index contributed by atoms with van der Waals surface area (Å²) in [7, 11) is 0. The first-order valence-electron chi connectivity index (χ1n) is 6.68. The minimum Gasteiger partial charge on any atom is -0.324 e. The minimum absolute atomic E-state index is 0.0647. The predicted molar refractivity (Wildman–Crippen MR) is 83.2 cm³/mol. The van der Waals surface area contributed by atoms with Gasteiger partial charge in [0.05, 0.1) is 21.9 Å². The highest BCUT2D eigenvalue weighted by Gasteiger charge is 2.31. The van der Waals surface area contributed by atoms with Crippen LogP contribution in [0.25, 0.3) is 5.69 Å². The van der Waals surface area contributed by atoms with Gasteiger partial charge in [-0.05, 0) is 25.1 Å². The molecule has 0 aliphatic carbocycles. The fourth-order valence-electron chi connectivity index (χ4n) is 2.37. The fraction of sp³-hybridized carbons (Fsp3) is 0.286. The molecule has 0 radical (unpaired) electrons. The fourth-order valence-corrected chi connectivity index (χ4v) is 2.76. The van der Waals surface area contributed by atoms with Gasteiger partial charge in [-0.2, -0.15) is 5.10 Å². The molecular formula is C14H14Cl2N4O. The van der Waals surface area contributed by atoms with Gasteiger partial charge in [-0.1, -0.05) is 30.1 Å². The van der Waals surface area contributed by atoms with Crippen LogP contribution in [0.3, 0.4) is 0 Å². The molecule has 1 aromatic heterocycles. The molecule has 1 amide bonds. The third-order valence-electron chi connectivity index (χ3n) is 3.35. The zero-order chi connectivity index (χ0) is 15.0. The highest BCUT2D eigenvalue weighted by atomic mass is 35.5. The van der Waals surface area contributed by atoms with Crippen molar-refractivity contribution < 1.29 is 4.79 Å². The van der Waals surface area contributed by atoms with E-state index in [1.165, 1.54) is 6.20 Å². The number of rotatable bonds is 4. The Morgan fingerprint density at radius 1 is 1.43 bits per heavy atom. The van der Waals surface area contributed by atoms with Crippen molar-refractivity contribution in [1.82, 2.24) is 15.1 Å². The highest BCUT2D eigenvalue weighted by molar-refractivity contribution is 6.33. The number of nitrogens with zero attached hydrogens (tertiary/aromatic N) is 2. The van der Waals surface area contributed by atoms with Crippen molar-refractivity contribution in [1.29, 1.82) is 0 Å². The summed E-state index contributed by atoms with van der Waals surface area (Å²) in [5.41, 5.74) is 2.29. The second kappa shape index (κ2) is 5.67. The number of carbonyl (C=O) groups excluding carboxylic acids is 1. The van der Waals surface area contributed by atoms with Crippen LogP contribution >= 0.6 is 23.2 Å². The lowest BCUT2D eigenvalue weighted by Gasteiger charge is -2.12. The number of fused-ring (bicyclic) bond motifs is 1. The van der Waals surface area contributed by atoms with Crippen molar-refractivity contribution >= 4 is 34.8 Å². The Bertz CT molecular complexity index is 698. The van der Waals surface area contributed by atoms with Gasteiger partial charge in [0, 0.05) is 17.4 Å². The molecule has 1 aliphatic rings. The molecule has 0 fully saturated rings. The summed E-state index contributed by atoms with van der Waals surface area (Å²) in [4.78, 5) is 12.0. The first kappa shape index (κ1) is 14.4. The number of anilines is 1. The lowest BCUT2D eigenvalue weighted by atomic mass is 10.1. The normalized spacial score (nSPS) is 16.9. The van der Waals surface area contributed by atoms with Crippen molar-refractivity contribution in [3.63, 3.8) is 0 Å². The monoisotopic (exact) mass is 324 g/mol. The average molecular weight is 325 g/mol. The Kier molecular flexibility index (Phi) is 3.89. The van der Waals surface area contributed by atoms with Gasteiger partial charge in [0.1, 0.15) is 6.04 Å². The van der Waals surface area contributed by atoms with Crippen LogP contribution in [0.5, 0.6) is 0 Å². The zero-order valence-corrected chi connectivity index (χ0v) is 12.9. The number of benzene rings is 1. The van der Waals surface area contributed by atoms with Crippen LogP contribution in [-0.4, -0.2) is 22.2 Å². The van der Waals surface area contributed by atoms with Crippen LogP contribution in [-0.2, 0) is 4.79 Å². The summed E-state index contributed by atoms with van der Waals surface area (Å²) in [5.74, 6) is -0.0647. The lowest BCUT2D eigenvalue weighted by molar-refractivity contribution is -0.117. The van der Waals surface area contributed by atoms with Crippen molar-refractivity contribution in [2.45, 2.75) is 19.4 Å². The van der Waals surface area contributed by atoms with Crippen LogP contribution in [0, 0.1) is 0 Å². The standard InChI is InChI=1S/C14H14Cl2N4O/c1-2-3-17-13-9-4-10(16)12(5-11(9)19-14(13)21)20-7-8(15)6-18-20/h4-7,13,17H,2-3H2,1H3,(H,19,21). The van der Waals surface area contributed by atoms with Gasteiger partial charge in [0.15, 0.2) is 0 Å². The largest absolute Gasteiger partial charge is 0.324 e. The molecule has 110 valence electrons. The van der Waals surface area contributed by atoms with E-state index in [9.17, 15) is 4.79 Å². The molecule has 1 unspecified atom stereocenters. The first-order valence-corrected chi connectivity index (χ1v) is 7.44. The SMILES string of the molecule is CCCNC1C(=O)Nc2cc(-n3cc(Cl)cn3)c(Cl)cc21. The first-order chi connectivity index (χ1) is 10.1. The number of halogens is 2. The Balaban J connectivity index is 1.99. The molecule has 0 saturated heterocycles. The maximum Gasteiger partial charge on any atom is 0.246 e. The molecule has 2 N–H and O–H groups in total. The van der Waals surface area contributed by atoms with E-state index in [1.807, 2.05) is 6.07 Å². The number of nitrogens with one attached hydrogen (secondary N) is 2. The molecule has 0 spiro atoms. The van der Waals surface area contributed by atoms with Crippen LogP contribution in [0.15, 0.2) is 24.5 Å². The van der Waals surface area contributed by atoms with Gasteiger partial charge in [-0.15, -0.1) is 0 Å². The Morgan fingerprint density at radius 2 is 2.24 bits per heavy atom. The van der Waals surface area contributed by atoms with E-state index in [1.54, 1.807) is 16.9 Å². The molecule has 21 heavy (non-hydrogen) atoms. The maximum atomic E-state index is 12.0. The van der Waals surface area contributed by atoms with E-state index >= 15 is 0 Å². The molecule has 3 rings (SSSR count).